The summed E-state index contributed by atoms with van der Waals surface area (Å²) in [5, 5.41) is 3.38. The van der Waals surface area contributed by atoms with E-state index in [1.807, 2.05) is 31.2 Å². The van der Waals surface area contributed by atoms with Gasteiger partial charge in [0, 0.05) is 16.3 Å². The number of carbonyl (C=O) groups is 2. The van der Waals surface area contributed by atoms with Crippen molar-refractivity contribution >= 4 is 34.8 Å². The van der Waals surface area contributed by atoms with E-state index >= 15 is 0 Å². The third-order valence-corrected chi connectivity index (χ3v) is 5.25. The predicted molar refractivity (Wildman–Crippen MR) is 106 cm³/mol. The van der Waals surface area contributed by atoms with Crippen molar-refractivity contribution in [3.63, 3.8) is 0 Å². The molecule has 146 valence electrons. The molecule has 0 aliphatic carbocycles. The van der Waals surface area contributed by atoms with Crippen molar-refractivity contribution < 1.29 is 19.1 Å². The summed E-state index contributed by atoms with van der Waals surface area (Å²) in [7, 11) is 0. The lowest BCUT2D eigenvalue weighted by atomic mass is 10.1. The van der Waals surface area contributed by atoms with Gasteiger partial charge in [0.1, 0.15) is 6.04 Å². The van der Waals surface area contributed by atoms with Crippen LogP contribution in [0.3, 0.4) is 0 Å². The second-order valence-electron chi connectivity index (χ2n) is 6.78. The average molecular weight is 401 g/mol. The zero-order chi connectivity index (χ0) is 19.7. The minimum atomic E-state index is -1.46. The van der Waals surface area contributed by atoms with Gasteiger partial charge in [-0.1, -0.05) is 42.8 Å². The minimum Gasteiger partial charge on any atom is -0.338 e. The normalized spacial score (nSPS) is 18.8. The zero-order valence-corrected chi connectivity index (χ0v) is 16.2. The summed E-state index contributed by atoms with van der Waals surface area (Å²) in [6.07, 6.45) is 1.16. The first-order valence-electron chi connectivity index (χ1n) is 9.34. The highest BCUT2D eigenvalue weighted by molar-refractivity contribution is 6.31. The summed E-state index contributed by atoms with van der Waals surface area (Å²) in [5.74, 6) is -2.11. The number of para-hydroxylation sites is 1. The molecule has 0 bridgehead atoms. The first-order valence-corrected chi connectivity index (χ1v) is 9.72. The highest BCUT2D eigenvalue weighted by Crippen LogP contribution is 2.46. The number of amides is 2. The highest BCUT2D eigenvalue weighted by Gasteiger charge is 2.56. The van der Waals surface area contributed by atoms with Gasteiger partial charge in [0.2, 0.25) is 5.91 Å². The lowest BCUT2D eigenvalue weighted by Gasteiger charge is -2.33. The molecule has 2 aromatic carbocycles. The van der Waals surface area contributed by atoms with Gasteiger partial charge in [-0.15, -0.1) is 0 Å². The van der Waals surface area contributed by atoms with Gasteiger partial charge in [0.05, 0.1) is 18.9 Å². The maximum absolute atomic E-state index is 13.4. The minimum absolute atomic E-state index is 0.291. The number of ether oxygens (including phenoxy) is 2. The van der Waals surface area contributed by atoms with Crippen molar-refractivity contribution in [1.29, 1.82) is 0 Å². The Hall–Kier alpha value is -2.41. The van der Waals surface area contributed by atoms with Crippen LogP contribution < -0.4 is 10.2 Å². The maximum atomic E-state index is 13.4. The van der Waals surface area contributed by atoms with Crippen LogP contribution in [0.15, 0.2) is 48.5 Å². The molecule has 1 atom stereocenters. The van der Waals surface area contributed by atoms with Gasteiger partial charge in [-0.25, -0.2) is 0 Å². The highest BCUT2D eigenvalue weighted by atomic mass is 35.5. The smallest absolute Gasteiger partial charge is 0.293 e. The van der Waals surface area contributed by atoms with Crippen LogP contribution in [-0.4, -0.2) is 31.1 Å². The van der Waals surface area contributed by atoms with Gasteiger partial charge in [0.15, 0.2) is 0 Å². The number of fused-ring (bicyclic) bond motifs is 2. The number of hydrogen-bond donors (Lipinski definition) is 1. The van der Waals surface area contributed by atoms with E-state index in [1.165, 1.54) is 4.90 Å². The fourth-order valence-corrected chi connectivity index (χ4v) is 3.93. The largest absolute Gasteiger partial charge is 0.338 e. The fraction of sp³-hybridized carbons (Fsp3) is 0.333. The van der Waals surface area contributed by atoms with E-state index in [9.17, 15) is 9.59 Å². The summed E-state index contributed by atoms with van der Waals surface area (Å²) >= 11 is 6.01. The van der Waals surface area contributed by atoms with Crippen LogP contribution in [0.5, 0.6) is 0 Å². The average Bonchev–Trinajstić information content (AvgIpc) is 2.93. The third-order valence-electron chi connectivity index (χ3n) is 5.01. The van der Waals surface area contributed by atoms with Crippen LogP contribution in [-0.2, 0) is 24.8 Å². The molecule has 2 heterocycles. The Morgan fingerprint density at radius 1 is 1.21 bits per heavy atom. The van der Waals surface area contributed by atoms with Crippen LogP contribution in [0.2, 0.25) is 5.02 Å². The quantitative estimate of drug-likeness (QED) is 0.849. The predicted octanol–water partition coefficient (Wildman–Crippen LogP) is 3.69. The Morgan fingerprint density at radius 3 is 2.68 bits per heavy atom. The Balaban J connectivity index is 1.68. The molecule has 0 saturated carbocycles. The fourth-order valence-electron chi connectivity index (χ4n) is 3.74. The topological polar surface area (TPSA) is 67.9 Å². The number of nitrogens with zero attached hydrogens (tertiary/aromatic N) is 1. The van der Waals surface area contributed by atoms with Gasteiger partial charge in [0.25, 0.3) is 11.7 Å². The van der Waals surface area contributed by atoms with E-state index in [1.54, 1.807) is 24.3 Å². The van der Waals surface area contributed by atoms with Crippen molar-refractivity contribution in [1.82, 2.24) is 0 Å². The second kappa shape index (κ2) is 7.54. The van der Waals surface area contributed by atoms with Crippen LogP contribution in [0.1, 0.15) is 25.3 Å². The first-order chi connectivity index (χ1) is 13.6. The van der Waals surface area contributed by atoms with Crippen molar-refractivity contribution in [3.05, 3.63) is 59.1 Å². The standard InChI is InChI=1S/C21H21ClN2O4/c1-2-17(19(25)23-15-8-5-7-14(22)13-15)24-18-10-4-3-9-16(18)21(20(24)26)27-11-6-12-28-21/h3-5,7-10,13,17H,2,6,11-12H2,1H3,(H,23,25). The van der Waals surface area contributed by atoms with Crippen molar-refractivity contribution in [2.75, 3.05) is 23.4 Å². The number of anilines is 2. The third kappa shape index (κ3) is 3.07. The molecule has 28 heavy (non-hydrogen) atoms. The van der Waals surface area contributed by atoms with Gasteiger partial charge >= 0.3 is 0 Å². The molecule has 4 rings (SSSR count). The van der Waals surface area contributed by atoms with E-state index in [2.05, 4.69) is 5.32 Å². The van der Waals surface area contributed by atoms with Crippen molar-refractivity contribution in [2.24, 2.45) is 0 Å². The van der Waals surface area contributed by atoms with E-state index in [-0.39, 0.29) is 11.8 Å². The molecule has 1 spiro atoms. The molecule has 2 amide bonds. The molecule has 0 radical (unpaired) electrons. The van der Waals surface area contributed by atoms with Crippen LogP contribution in [0.25, 0.3) is 0 Å². The number of nitrogens with one attached hydrogen (secondary N) is 1. The first kappa shape index (κ1) is 18.9. The van der Waals surface area contributed by atoms with Crippen LogP contribution in [0, 0.1) is 0 Å². The number of rotatable bonds is 4. The molecule has 2 aromatic rings. The molecule has 2 aliphatic rings. The molecular weight excluding hydrogens is 380 g/mol. The Bertz CT molecular complexity index is 911. The molecule has 6 nitrogen and oxygen atoms in total. The monoisotopic (exact) mass is 400 g/mol. The molecule has 0 aromatic heterocycles. The van der Waals surface area contributed by atoms with Gasteiger partial charge in [-0.05, 0) is 37.1 Å². The van der Waals surface area contributed by atoms with Crippen LogP contribution >= 0.6 is 11.6 Å². The molecule has 1 unspecified atom stereocenters. The SMILES string of the molecule is CCC(C(=O)Nc1cccc(Cl)c1)N1C(=O)C2(OCCCO2)c2ccccc21. The van der Waals surface area contributed by atoms with Crippen molar-refractivity contribution in [2.45, 2.75) is 31.6 Å². The molecule has 2 aliphatic heterocycles. The summed E-state index contributed by atoms with van der Waals surface area (Å²) in [6, 6.07) is 13.5. The lowest BCUT2D eigenvalue weighted by molar-refractivity contribution is -0.256. The van der Waals surface area contributed by atoms with Crippen molar-refractivity contribution in [3.8, 4) is 0 Å². The molecule has 1 saturated heterocycles. The number of benzene rings is 2. The molecule has 7 heteroatoms. The Kier molecular flexibility index (Phi) is 5.10. The number of hydrogen-bond acceptors (Lipinski definition) is 4. The molecule has 1 N–H and O–H groups in total. The van der Waals surface area contributed by atoms with E-state index in [4.69, 9.17) is 21.1 Å². The van der Waals surface area contributed by atoms with Gasteiger partial charge in [-0.3, -0.25) is 14.5 Å². The molecular formula is C21H21ClN2O4. The summed E-state index contributed by atoms with van der Waals surface area (Å²) in [6.45, 7) is 2.73. The second-order valence-corrected chi connectivity index (χ2v) is 7.22. The Labute approximate surface area is 168 Å². The number of carbonyl (C=O) groups excluding carboxylic acids is 2. The zero-order valence-electron chi connectivity index (χ0n) is 15.5. The lowest BCUT2D eigenvalue weighted by Crippen LogP contribution is -2.52. The van der Waals surface area contributed by atoms with E-state index < -0.39 is 11.8 Å². The summed E-state index contributed by atoms with van der Waals surface area (Å²) in [5.41, 5.74) is 1.87. The summed E-state index contributed by atoms with van der Waals surface area (Å²) < 4.78 is 11.7. The Morgan fingerprint density at radius 2 is 1.96 bits per heavy atom. The van der Waals surface area contributed by atoms with Gasteiger partial charge in [-0.2, -0.15) is 0 Å². The summed E-state index contributed by atoms with van der Waals surface area (Å²) in [4.78, 5) is 28.0. The molecule has 1 fully saturated rings. The van der Waals surface area contributed by atoms with E-state index in [0.29, 0.717) is 41.6 Å². The van der Waals surface area contributed by atoms with Crippen LogP contribution in [0.4, 0.5) is 11.4 Å². The maximum Gasteiger partial charge on any atom is 0.293 e. The van der Waals surface area contributed by atoms with Gasteiger partial charge < -0.3 is 14.8 Å². The number of halogens is 1. The van der Waals surface area contributed by atoms with E-state index in [0.717, 1.165) is 6.42 Å².